The fraction of sp³-hybridized carbons (Fsp3) is 0.333. The van der Waals surface area contributed by atoms with Crippen LogP contribution in [0.1, 0.15) is 18.1 Å². The van der Waals surface area contributed by atoms with Gasteiger partial charge in [0.25, 0.3) is 0 Å². The van der Waals surface area contributed by atoms with E-state index in [0.29, 0.717) is 13.0 Å². The average Bonchev–Trinajstić information content (AvgIpc) is 2.07. The van der Waals surface area contributed by atoms with Gasteiger partial charge in [0.1, 0.15) is 5.75 Å². The number of aliphatic hydroxyl groups excluding tert-OH is 1. The molecule has 0 aliphatic carbocycles. The highest BCUT2D eigenvalue weighted by Crippen LogP contribution is 2.39. The Bertz CT molecular complexity index is 339. The Balaban J connectivity index is 2.56. The summed E-state index contributed by atoms with van der Waals surface area (Å²) in [7, 11) is 0. The van der Waals surface area contributed by atoms with Crippen LogP contribution >= 0.6 is 31.9 Å². The van der Waals surface area contributed by atoms with Crippen molar-refractivity contribution >= 4 is 31.9 Å². The standard InChI is InChI=1S/C9H8Br2O2/c10-5-3-6-8(12)1-2-13-9(6)7(11)4-5/h3-4,8,12H,1-2H2. The summed E-state index contributed by atoms with van der Waals surface area (Å²) in [6, 6.07) is 3.81. The largest absolute Gasteiger partial charge is 0.492 e. The van der Waals surface area contributed by atoms with E-state index in [0.717, 1.165) is 20.3 Å². The number of fused-ring (bicyclic) bond motifs is 1. The van der Waals surface area contributed by atoms with Crippen molar-refractivity contribution in [3.8, 4) is 5.75 Å². The van der Waals surface area contributed by atoms with Crippen molar-refractivity contribution in [3.63, 3.8) is 0 Å². The number of halogens is 2. The van der Waals surface area contributed by atoms with Crippen molar-refractivity contribution in [1.29, 1.82) is 0 Å². The molecule has 0 saturated carbocycles. The molecule has 0 saturated heterocycles. The molecule has 1 aliphatic heterocycles. The third-order valence-electron chi connectivity index (χ3n) is 2.03. The molecule has 0 bridgehead atoms. The van der Waals surface area contributed by atoms with E-state index in [4.69, 9.17) is 4.74 Å². The van der Waals surface area contributed by atoms with Crippen molar-refractivity contribution < 1.29 is 9.84 Å². The van der Waals surface area contributed by atoms with Gasteiger partial charge in [0.05, 0.1) is 17.2 Å². The van der Waals surface area contributed by atoms with Crippen molar-refractivity contribution in [3.05, 3.63) is 26.6 Å². The molecule has 0 spiro atoms. The van der Waals surface area contributed by atoms with E-state index in [1.54, 1.807) is 0 Å². The number of benzene rings is 1. The molecule has 2 nitrogen and oxygen atoms in total. The Hall–Kier alpha value is -0.0600. The van der Waals surface area contributed by atoms with Crippen molar-refractivity contribution in [2.24, 2.45) is 0 Å². The average molecular weight is 308 g/mol. The monoisotopic (exact) mass is 306 g/mol. The van der Waals surface area contributed by atoms with Crippen LogP contribution in [0.4, 0.5) is 0 Å². The van der Waals surface area contributed by atoms with E-state index in [1.807, 2.05) is 12.1 Å². The zero-order chi connectivity index (χ0) is 9.42. The minimum Gasteiger partial charge on any atom is -0.492 e. The van der Waals surface area contributed by atoms with E-state index in [9.17, 15) is 5.11 Å². The molecule has 2 rings (SSSR count). The van der Waals surface area contributed by atoms with Gasteiger partial charge in [0, 0.05) is 16.5 Å². The summed E-state index contributed by atoms with van der Waals surface area (Å²) in [4.78, 5) is 0. The Morgan fingerprint density at radius 3 is 2.92 bits per heavy atom. The zero-order valence-electron chi connectivity index (χ0n) is 6.76. The summed E-state index contributed by atoms with van der Waals surface area (Å²) >= 11 is 6.77. The van der Waals surface area contributed by atoms with Crippen LogP contribution in [-0.2, 0) is 0 Å². The van der Waals surface area contributed by atoms with Crippen LogP contribution in [-0.4, -0.2) is 11.7 Å². The van der Waals surface area contributed by atoms with Gasteiger partial charge in [-0.05, 0) is 28.1 Å². The second-order valence-electron chi connectivity index (χ2n) is 2.96. The number of aliphatic hydroxyl groups is 1. The molecule has 1 aromatic rings. The Morgan fingerprint density at radius 1 is 1.38 bits per heavy atom. The van der Waals surface area contributed by atoms with Gasteiger partial charge in [-0.1, -0.05) is 15.9 Å². The van der Waals surface area contributed by atoms with Crippen LogP contribution in [0.2, 0.25) is 0 Å². The van der Waals surface area contributed by atoms with E-state index in [2.05, 4.69) is 31.9 Å². The lowest BCUT2D eigenvalue weighted by Gasteiger charge is -2.23. The molecular weight excluding hydrogens is 300 g/mol. The molecule has 0 radical (unpaired) electrons. The molecule has 1 heterocycles. The molecule has 1 unspecified atom stereocenters. The first kappa shape index (κ1) is 9.49. The smallest absolute Gasteiger partial charge is 0.139 e. The SMILES string of the molecule is OC1CCOc2c(Br)cc(Br)cc21. The molecule has 4 heteroatoms. The van der Waals surface area contributed by atoms with E-state index < -0.39 is 6.10 Å². The molecule has 1 N–H and O–H groups in total. The zero-order valence-corrected chi connectivity index (χ0v) is 9.93. The summed E-state index contributed by atoms with van der Waals surface area (Å²) in [6.07, 6.45) is 0.258. The second-order valence-corrected chi connectivity index (χ2v) is 4.73. The van der Waals surface area contributed by atoms with Crippen LogP contribution in [0.25, 0.3) is 0 Å². The number of ether oxygens (including phenoxy) is 1. The highest BCUT2D eigenvalue weighted by atomic mass is 79.9. The predicted octanol–water partition coefficient (Wildman–Crippen LogP) is 3.03. The van der Waals surface area contributed by atoms with Gasteiger partial charge in [0.15, 0.2) is 0 Å². The van der Waals surface area contributed by atoms with E-state index in [1.165, 1.54) is 0 Å². The molecule has 1 aliphatic rings. The lowest BCUT2D eigenvalue weighted by molar-refractivity contribution is 0.114. The van der Waals surface area contributed by atoms with Crippen molar-refractivity contribution in [2.45, 2.75) is 12.5 Å². The minimum absolute atomic E-state index is 0.405. The molecule has 0 fully saturated rings. The second kappa shape index (κ2) is 3.59. The molecule has 0 aromatic heterocycles. The number of hydrogen-bond donors (Lipinski definition) is 1. The fourth-order valence-electron chi connectivity index (χ4n) is 1.41. The molecule has 13 heavy (non-hydrogen) atoms. The fourth-order valence-corrected chi connectivity index (χ4v) is 2.78. The van der Waals surface area contributed by atoms with Gasteiger partial charge in [0.2, 0.25) is 0 Å². The number of hydrogen-bond acceptors (Lipinski definition) is 2. The summed E-state index contributed by atoms with van der Waals surface area (Å²) < 4.78 is 7.28. The van der Waals surface area contributed by atoms with Crippen LogP contribution in [0.15, 0.2) is 21.1 Å². The highest BCUT2D eigenvalue weighted by Gasteiger charge is 2.21. The molecule has 1 atom stereocenters. The first-order chi connectivity index (χ1) is 6.18. The molecule has 1 aromatic carbocycles. The summed E-state index contributed by atoms with van der Waals surface area (Å²) in [5.74, 6) is 0.766. The Kier molecular flexibility index (Phi) is 2.62. The maximum Gasteiger partial charge on any atom is 0.139 e. The topological polar surface area (TPSA) is 29.5 Å². The third kappa shape index (κ3) is 1.75. The van der Waals surface area contributed by atoms with Gasteiger partial charge < -0.3 is 9.84 Å². The first-order valence-corrected chi connectivity index (χ1v) is 5.57. The van der Waals surface area contributed by atoms with Crippen LogP contribution < -0.4 is 4.74 Å². The summed E-state index contributed by atoms with van der Waals surface area (Å²) in [5.41, 5.74) is 0.854. The quantitative estimate of drug-likeness (QED) is 0.798. The van der Waals surface area contributed by atoms with Gasteiger partial charge in [-0.3, -0.25) is 0 Å². The van der Waals surface area contributed by atoms with E-state index >= 15 is 0 Å². The Morgan fingerprint density at radius 2 is 2.15 bits per heavy atom. The molecular formula is C9H8Br2O2. The maximum absolute atomic E-state index is 9.69. The first-order valence-electron chi connectivity index (χ1n) is 3.98. The Labute approximate surface area is 93.2 Å². The predicted molar refractivity (Wildman–Crippen MR) is 56.9 cm³/mol. The summed E-state index contributed by atoms with van der Waals surface area (Å²) in [5, 5.41) is 9.69. The minimum atomic E-state index is -0.405. The van der Waals surface area contributed by atoms with Gasteiger partial charge >= 0.3 is 0 Å². The lowest BCUT2D eigenvalue weighted by atomic mass is 10.0. The molecule has 70 valence electrons. The highest BCUT2D eigenvalue weighted by molar-refractivity contribution is 9.11. The van der Waals surface area contributed by atoms with Gasteiger partial charge in [-0.2, -0.15) is 0 Å². The van der Waals surface area contributed by atoms with E-state index in [-0.39, 0.29) is 0 Å². The van der Waals surface area contributed by atoms with Gasteiger partial charge in [-0.25, -0.2) is 0 Å². The van der Waals surface area contributed by atoms with Crippen LogP contribution in [0.5, 0.6) is 5.75 Å². The maximum atomic E-state index is 9.69. The van der Waals surface area contributed by atoms with Gasteiger partial charge in [-0.15, -0.1) is 0 Å². The normalized spacial score (nSPS) is 20.7. The number of rotatable bonds is 0. The third-order valence-corrected chi connectivity index (χ3v) is 3.08. The lowest BCUT2D eigenvalue weighted by Crippen LogP contribution is -2.14. The van der Waals surface area contributed by atoms with Crippen molar-refractivity contribution in [1.82, 2.24) is 0 Å². The molecule has 0 amide bonds. The summed E-state index contributed by atoms with van der Waals surface area (Å²) in [6.45, 7) is 0.578. The van der Waals surface area contributed by atoms with Crippen LogP contribution in [0, 0.1) is 0 Å². The van der Waals surface area contributed by atoms with Crippen LogP contribution in [0.3, 0.4) is 0 Å². The van der Waals surface area contributed by atoms with Crippen molar-refractivity contribution in [2.75, 3.05) is 6.61 Å².